The zero-order valence-corrected chi connectivity index (χ0v) is 20.3. The van der Waals surface area contributed by atoms with Crippen molar-refractivity contribution in [1.29, 1.82) is 0 Å². The average Bonchev–Trinajstić information content (AvgIpc) is 2.80. The summed E-state index contributed by atoms with van der Waals surface area (Å²) in [6, 6.07) is 19.6. The SMILES string of the molecule is Cc1ccc(S(=O)(=O)N(CC(=O)NC2CCCc3ccccc32)c2cccc(Cl)c2C)cc1. The van der Waals surface area contributed by atoms with Gasteiger partial charge in [-0.05, 0) is 74.1 Å². The van der Waals surface area contributed by atoms with Crippen molar-refractivity contribution in [2.45, 2.75) is 44.0 Å². The maximum absolute atomic E-state index is 13.6. The van der Waals surface area contributed by atoms with Gasteiger partial charge in [-0.3, -0.25) is 9.10 Å². The topological polar surface area (TPSA) is 66.5 Å². The Morgan fingerprint density at radius 3 is 2.52 bits per heavy atom. The van der Waals surface area contributed by atoms with Crippen LogP contribution in [-0.2, 0) is 21.2 Å². The van der Waals surface area contributed by atoms with Crippen molar-refractivity contribution in [3.63, 3.8) is 0 Å². The number of amides is 1. The van der Waals surface area contributed by atoms with Gasteiger partial charge in [-0.15, -0.1) is 0 Å². The second-order valence-electron chi connectivity index (χ2n) is 8.42. The number of aryl methyl sites for hydroxylation is 2. The van der Waals surface area contributed by atoms with Gasteiger partial charge in [0.15, 0.2) is 0 Å². The molecule has 1 atom stereocenters. The monoisotopic (exact) mass is 482 g/mol. The van der Waals surface area contributed by atoms with Crippen LogP contribution in [0.15, 0.2) is 71.6 Å². The lowest BCUT2D eigenvalue weighted by atomic mass is 9.88. The Balaban J connectivity index is 1.67. The van der Waals surface area contributed by atoms with Gasteiger partial charge in [0, 0.05) is 5.02 Å². The summed E-state index contributed by atoms with van der Waals surface area (Å²) < 4.78 is 28.4. The Labute approximate surface area is 200 Å². The molecule has 1 N–H and O–H groups in total. The van der Waals surface area contributed by atoms with Crippen LogP contribution < -0.4 is 9.62 Å². The molecule has 0 saturated heterocycles. The van der Waals surface area contributed by atoms with E-state index in [0.29, 0.717) is 16.3 Å². The summed E-state index contributed by atoms with van der Waals surface area (Å²) >= 11 is 6.30. The number of anilines is 1. The first-order valence-electron chi connectivity index (χ1n) is 11.0. The highest BCUT2D eigenvalue weighted by Crippen LogP contribution is 2.32. The predicted molar refractivity (Wildman–Crippen MR) is 132 cm³/mol. The maximum atomic E-state index is 13.6. The van der Waals surface area contributed by atoms with Crippen molar-refractivity contribution >= 4 is 33.2 Å². The van der Waals surface area contributed by atoms with Crippen molar-refractivity contribution < 1.29 is 13.2 Å². The summed E-state index contributed by atoms with van der Waals surface area (Å²) in [7, 11) is -3.99. The minimum atomic E-state index is -3.99. The molecule has 33 heavy (non-hydrogen) atoms. The van der Waals surface area contributed by atoms with Crippen LogP contribution in [0.25, 0.3) is 0 Å². The lowest BCUT2D eigenvalue weighted by Gasteiger charge is -2.29. The molecule has 0 bridgehead atoms. The smallest absolute Gasteiger partial charge is 0.264 e. The number of carbonyl (C=O) groups excluding carboxylic acids is 1. The summed E-state index contributed by atoms with van der Waals surface area (Å²) in [5.74, 6) is -0.355. The van der Waals surface area contributed by atoms with Gasteiger partial charge < -0.3 is 5.32 Å². The highest BCUT2D eigenvalue weighted by molar-refractivity contribution is 7.92. The predicted octanol–water partition coefficient (Wildman–Crippen LogP) is 5.35. The Morgan fingerprint density at radius 1 is 1.03 bits per heavy atom. The molecule has 0 fully saturated rings. The third-order valence-electron chi connectivity index (χ3n) is 6.11. The van der Waals surface area contributed by atoms with Gasteiger partial charge in [0.25, 0.3) is 10.0 Å². The normalized spacial score (nSPS) is 15.5. The Morgan fingerprint density at radius 2 is 1.76 bits per heavy atom. The molecule has 7 heteroatoms. The van der Waals surface area contributed by atoms with Gasteiger partial charge in [0.1, 0.15) is 6.54 Å². The molecule has 0 spiro atoms. The highest BCUT2D eigenvalue weighted by atomic mass is 35.5. The molecular formula is C26H27ClN2O3S. The quantitative estimate of drug-likeness (QED) is 0.515. The first kappa shape index (κ1) is 23.3. The van der Waals surface area contributed by atoms with Crippen LogP contribution in [0.3, 0.4) is 0 Å². The molecule has 0 saturated carbocycles. The van der Waals surface area contributed by atoms with Crippen molar-refractivity contribution in [2.24, 2.45) is 0 Å². The molecule has 172 valence electrons. The van der Waals surface area contributed by atoms with Crippen molar-refractivity contribution in [3.05, 3.63) is 94.0 Å². The molecule has 1 unspecified atom stereocenters. The molecule has 0 radical (unpaired) electrons. The standard InChI is InChI=1S/C26H27ClN2O3S/c1-18-13-15-21(16-14-18)33(31,32)29(25-12-6-10-23(27)19(25)2)17-26(30)28-24-11-5-8-20-7-3-4-9-22(20)24/h3-4,6-7,9-10,12-16,24H,5,8,11,17H2,1-2H3,(H,28,30). The van der Waals surface area contributed by atoms with Gasteiger partial charge in [-0.2, -0.15) is 0 Å². The number of nitrogens with one attached hydrogen (secondary N) is 1. The minimum absolute atomic E-state index is 0.128. The van der Waals surface area contributed by atoms with E-state index >= 15 is 0 Å². The fraction of sp³-hybridized carbons (Fsp3) is 0.269. The number of rotatable bonds is 6. The number of nitrogens with zero attached hydrogens (tertiary/aromatic N) is 1. The van der Waals surface area contributed by atoms with Crippen LogP contribution in [0.1, 0.15) is 41.1 Å². The number of carbonyl (C=O) groups is 1. The first-order valence-corrected chi connectivity index (χ1v) is 12.8. The summed E-state index contributed by atoms with van der Waals surface area (Å²) in [5, 5.41) is 3.51. The van der Waals surface area contributed by atoms with Gasteiger partial charge in [0.2, 0.25) is 5.91 Å². The third-order valence-corrected chi connectivity index (χ3v) is 8.29. The molecule has 0 heterocycles. The number of fused-ring (bicyclic) bond motifs is 1. The molecule has 1 aliphatic rings. The number of halogens is 1. The summed E-state index contributed by atoms with van der Waals surface area (Å²) in [6.07, 6.45) is 2.78. The van der Waals surface area contributed by atoms with E-state index in [-0.39, 0.29) is 23.4 Å². The lowest BCUT2D eigenvalue weighted by Crippen LogP contribution is -2.42. The second-order valence-corrected chi connectivity index (χ2v) is 10.7. The van der Waals surface area contributed by atoms with E-state index in [0.717, 1.165) is 34.7 Å². The summed E-state index contributed by atoms with van der Waals surface area (Å²) in [6.45, 7) is 3.31. The maximum Gasteiger partial charge on any atom is 0.264 e. The second kappa shape index (κ2) is 9.57. The van der Waals surface area contributed by atoms with E-state index in [4.69, 9.17) is 11.6 Å². The Bertz CT molecular complexity index is 1270. The number of hydrogen-bond donors (Lipinski definition) is 1. The zero-order chi connectivity index (χ0) is 23.6. The molecule has 4 rings (SSSR count). The van der Waals surface area contributed by atoms with E-state index in [1.54, 1.807) is 49.4 Å². The van der Waals surface area contributed by atoms with Crippen LogP contribution >= 0.6 is 11.6 Å². The van der Waals surface area contributed by atoms with Gasteiger partial charge in [-0.1, -0.05) is 59.6 Å². The van der Waals surface area contributed by atoms with E-state index in [9.17, 15) is 13.2 Å². The van der Waals surface area contributed by atoms with Crippen LogP contribution in [-0.4, -0.2) is 20.9 Å². The molecule has 5 nitrogen and oxygen atoms in total. The zero-order valence-electron chi connectivity index (χ0n) is 18.7. The van der Waals surface area contributed by atoms with E-state index in [1.807, 2.05) is 25.1 Å². The third kappa shape index (κ3) is 4.92. The fourth-order valence-corrected chi connectivity index (χ4v) is 5.93. The van der Waals surface area contributed by atoms with Gasteiger partial charge in [-0.25, -0.2) is 8.42 Å². The van der Waals surface area contributed by atoms with Crippen molar-refractivity contribution in [2.75, 3.05) is 10.8 Å². The van der Waals surface area contributed by atoms with E-state index in [1.165, 1.54) is 5.56 Å². The van der Waals surface area contributed by atoms with E-state index in [2.05, 4.69) is 11.4 Å². The van der Waals surface area contributed by atoms with Crippen LogP contribution in [0.4, 0.5) is 5.69 Å². The van der Waals surface area contributed by atoms with Gasteiger partial charge in [0.05, 0.1) is 16.6 Å². The highest BCUT2D eigenvalue weighted by Gasteiger charge is 2.30. The van der Waals surface area contributed by atoms with Crippen LogP contribution in [0, 0.1) is 13.8 Å². The molecule has 0 aliphatic heterocycles. The average molecular weight is 483 g/mol. The Kier molecular flexibility index (Phi) is 6.77. The molecule has 0 aromatic heterocycles. The number of benzene rings is 3. The van der Waals surface area contributed by atoms with Gasteiger partial charge >= 0.3 is 0 Å². The number of hydrogen-bond acceptors (Lipinski definition) is 3. The molecule has 3 aromatic rings. The molecule has 3 aromatic carbocycles. The largest absolute Gasteiger partial charge is 0.348 e. The van der Waals surface area contributed by atoms with E-state index < -0.39 is 10.0 Å². The minimum Gasteiger partial charge on any atom is -0.348 e. The lowest BCUT2D eigenvalue weighted by molar-refractivity contribution is -0.120. The van der Waals surface area contributed by atoms with Crippen LogP contribution in [0.2, 0.25) is 5.02 Å². The molecule has 1 amide bonds. The number of sulfonamides is 1. The molecule has 1 aliphatic carbocycles. The summed E-state index contributed by atoms with van der Waals surface area (Å²) in [5.41, 5.74) is 4.27. The van der Waals surface area contributed by atoms with Crippen molar-refractivity contribution in [3.8, 4) is 0 Å². The van der Waals surface area contributed by atoms with Crippen molar-refractivity contribution in [1.82, 2.24) is 5.32 Å². The first-order chi connectivity index (χ1) is 15.8. The Hall–Kier alpha value is -2.83. The fourth-order valence-electron chi connectivity index (χ4n) is 4.28. The van der Waals surface area contributed by atoms with Crippen LogP contribution in [0.5, 0.6) is 0 Å². The molecular weight excluding hydrogens is 456 g/mol. The summed E-state index contributed by atoms with van der Waals surface area (Å²) in [4.78, 5) is 13.3.